The number of aromatic nitrogens is 1. The van der Waals surface area contributed by atoms with Gasteiger partial charge in [-0.1, -0.05) is 36.4 Å². The Morgan fingerprint density at radius 3 is 2.50 bits per heavy atom. The summed E-state index contributed by atoms with van der Waals surface area (Å²) in [7, 11) is 4.09. The van der Waals surface area contributed by atoms with Gasteiger partial charge in [-0.2, -0.15) is 0 Å². The molecule has 112 valence electrons. The van der Waals surface area contributed by atoms with Crippen LogP contribution in [0.15, 0.2) is 54.7 Å². The summed E-state index contributed by atoms with van der Waals surface area (Å²) in [5, 5.41) is 10.2. The third-order valence-electron chi connectivity index (χ3n) is 3.89. The maximum atomic E-state index is 11.1. The maximum absolute atomic E-state index is 11.1. The van der Waals surface area contributed by atoms with Crippen molar-refractivity contribution in [1.29, 1.82) is 0 Å². The normalized spacial score (nSPS) is 12.7. The van der Waals surface area contributed by atoms with Gasteiger partial charge in [-0.25, -0.2) is 4.79 Å². The van der Waals surface area contributed by atoms with Gasteiger partial charge in [-0.05, 0) is 37.4 Å². The summed E-state index contributed by atoms with van der Waals surface area (Å²) < 4.78 is 0. The molecule has 3 aromatic rings. The smallest absolute Gasteiger partial charge is 0.335 e. The van der Waals surface area contributed by atoms with Crippen LogP contribution in [0.1, 0.15) is 27.5 Å². The molecular weight excluding hydrogens is 276 g/mol. The molecule has 0 bridgehead atoms. The zero-order valence-electron chi connectivity index (χ0n) is 12.6. The largest absolute Gasteiger partial charge is 0.478 e. The van der Waals surface area contributed by atoms with E-state index in [1.807, 2.05) is 44.6 Å². The molecule has 22 heavy (non-hydrogen) atoms. The topological polar surface area (TPSA) is 56.3 Å². The first-order valence-corrected chi connectivity index (χ1v) is 7.13. The van der Waals surface area contributed by atoms with Crippen molar-refractivity contribution in [3.63, 3.8) is 0 Å². The number of H-pyrrole nitrogens is 1. The lowest BCUT2D eigenvalue weighted by Crippen LogP contribution is -2.20. The number of carboxylic acid groups (broad SMARTS) is 1. The fourth-order valence-electron chi connectivity index (χ4n) is 2.90. The van der Waals surface area contributed by atoms with Crippen LogP contribution >= 0.6 is 0 Å². The number of carboxylic acids is 1. The monoisotopic (exact) mass is 294 g/mol. The molecule has 1 aromatic heterocycles. The molecule has 0 aliphatic heterocycles. The van der Waals surface area contributed by atoms with Gasteiger partial charge in [-0.3, -0.25) is 4.90 Å². The van der Waals surface area contributed by atoms with E-state index >= 15 is 0 Å². The number of nitrogens with zero attached hydrogens (tertiary/aromatic N) is 1. The summed E-state index contributed by atoms with van der Waals surface area (Å²) in [4.78, 5) is 16.4. The summed E-state index contributed by atoms with van der Waals surface area (Å²) in [6.07, 6.45) is 1.97. The predicted molar refractivity (Wildman–Crippen MR) is 87.2 cm³/mol. The second kappa shape index (κ2) is 5.66. The molecule has 1 unspecified atom stereocenters. The Morgan fingerprint density at radius 1 is 1.14 bits per heavy atom. The van der Waals surface area contributed by atoms with Gasteiger partial charge >= 0.3 is 5.97 Å². The number of aromatic carboxylic acids is 1. The van der Waals surface area contributed by atoms with Crippen LogP contribution in [0.2, 0.25) is 0 Å². The van der Waals surface area contributed by atoms with E-state index in [0.29, 0.717) is 5.56 Å². The van der Waals surface area contributed by atoms with Crippen LogP contribution < -0.4 is 0 Å². The average molecular weight is 294 g/mol. The van der Waals surface area contributed by atoms with E-state index < -0.39 is 5.97 Å². The highest BCUT2D eigenvalue weighted by atomic mass is 16.4. The van der Waals surface area contributed by atoms with Gasteiger partial charge < -0.3 is 10.1 Å². The number of hydrogen-bond donors (Lipinski definition) is 2. The molecule has 1 atom stereocenters. The Labute approximate surface area is 129 Å². The van der Waals surface area contributed by atoms with E-state index in [1.165, 1.54) is 5.56 Å². The molecule has 0 radical (unpaired) electrons. The minimum atomic E-state index is -0.912. The van der Waals surface area contributed by atoms with E-state index in [0.717, 1.165) is 16.5 Å². The van der Waals surface area contributed by atoms with E-state index in [4.69, 9.17) is 5.11 Å². The first-order valence-electron chi connectivity index (χ1n) is 7.13. The highest BCUT2D eigenvalue weighted by molar-refractivity contribution is 5.94. The third-order valence-corrected chi connectivity index (χ3v) is 3.89. The highest BCUT2D eigenvalue weighted by Gasteiger charge is 2.20. The average Bonchev–Trinajstić information content (AvgIpc) is 2.91. The van der Waals surface area contributed by atoms with Gasteiger partial charge in [0.2, 0.25) is 0 Å². The van der Waals surface area contributed by atoms with Crippen molar-refractivity contribution in [1.82, 2.24) is 9.88 Å². The number of hydrogen-bond acceptors (Lipinski definition) is 2. The van der Waals surface area contributed by atoms with Crippen molar-refractivity contribution in [2.75, 3.05) is 14.1 Å². The number of aromatic amines is 1. The van der Waals surface area contributed by atoms with Crippen LogP contribution in [-0.2, 0) is 0 Å². The van der Waals surface area contributed by atoms with Gasteiger partial charge in [0.1, 0.15) is 0 Å². The second-order valence-corrected chi connectivity index (χ2v) is 5.59. The van der Waals surface area contributed by atoms with Crippen molar-refractivity contribution in [3.05, 3.63) is 71.4 Å². The predicted octanol–water partition coefficient (Wildman–Crippen LogP) is 3.52. The molecule has 0 saturated carbocycles. The Kier molecular flexibility index (Phi) is 3.69. The molecule has 3 rings (SSSR count). The fourth-order valence-corrected chi connectivity index (χ4v) is 2.90. The zero-order chi connectivity index (χ0) is 15.7. The van der Waals surface area contributed by atoms with Gasteiger partial charge in [0.15, 0.2) is 0 Å². The van der Waals surface area contributed by atoms with Crippen LogP contribution in [0.5, 0.6) is 0 Å². The molecule has 0 aliphatic carbocycles. The van der Waals surface area contributed by atoms with Crippen molar-refractivity contribution < 1.29 is 9.90 Å². The van der Waals surface area contributed by atoms with Crippen molar-refractivity contribution >= 4 is 16.9 Å². The summed E-state index contributed by atoms with van der Waals surface area (Å²) in [5.74, 6) is -0.912. The number of fused-ring (bicyclic) bond motifs is 1. The molecule has 0 saturated heterocycles. The van der Waals surface area contributed by atoms with Gasteiger partial charge in [0, 0.05) is 17.1 Å². The van der Waals surface area contributed by atoms with Gasteiger partial charge in [0.25, 0.3) is 0 Å². The number of nitrogens with one attached hydrogen (secondary N) is 1. The lowest BCUT2D eigenvalue weighted by Gasteiger charge is -2.24. The van der Waals surface area contributed by atoms with E-state index in [2.05, 4.69) is 22.0 Å². The van der Waals surface area contributed by atoms with E-state index in [9.17, 15) is 4.79 Å². The number of rotatable bonds is 4. The standard InChI is InChI=1S/C18H18N2O2/c1-20(2)17(12-6-4-3-5-7-12)15-11-19-16-10-13(18(21)22)8-9-14(15)16/h3-11,17,19H,1-2H3,(H,21,22). The fraction of sp³-hybridized carbons (Fsp3) is 0.167. The molecule has 2 N–H and O–H groups in total. The van der Waals surface area contributed by atoms with Crippen LogP contribution in [-0.4, -0.2) is 35.1 Å². The molecule has 1 heterocycles. The van der Waals surface area contributed by atoms with Gasteiger partial charge in [-0.15, -0.1) is 0 Å². The molecule has 4 heteroatoms. The number of benzene rings is 2. The molecule has 0 spiro atoms. The van der Waals surface area contributed by atoms with Crippen molar-refractivity contribution in [2.45, 2.75) is 6.04 Å². The Bertz CT molecular complexity index is 806. The summed E-state index contributed by atoms with van der Waals surface area (Å²) in [6.45, 7) is 0. The summed E-state index contributed by atoms with van der Waals surface area (Å²) in [6, 6.07) is 15.6. The van der Waals surface area contributed by atoms with Crippen LogP contribution in [0, 0.1) is 0 Å². The lowest BCUT2D eigenvalue weighted by atomic mass is 9.97. The van der Waals surface area contributed by atoms with E-state index in [-0.39, 0.29) is 6.04 Å². The third kappa shape index (κ3) is 2.49. The Balaban J connectivity index is 2.13. The molecule has 4 nitrogen and oxygen atoms in total. The minimum Gasteiger partial charge on any atom is -0.478 e. The van der Waals surface area contributed by atoms with Crippen LogP contribution in [0.4, 0.5) is 0 Å². The Hall–Kier alpha value is -2.59. The van der Waals surface area contributed by atoms with Crippen molar-refractivity contribution in [2.24, 2.45) is 0 Å². The van der Waals surface area contributed by atoms with Crippen molar-refractivity contribution in [3.8, 4) is 0 Å². The van der Waals surface area contributed by atoms with Crippen LogP contribution in [0.3, 0.4) is 0 Å². The first-order chi connectivity index (χ1) is 10.6. The molecule has 2 aromatic carbocycles. The highest BCUT2D eigenvalue weighted by Crippen LogP contribution is 2.32. The number of carbonyl (C=O) groups is 1. The molecule has 0 fully saturated rings. The second-order valence-electron chi connectivity index (χ2n) is 5.59. The molecule has 0 amide bonds. The summed E-state index contributed by atoms with van der Waals surface area (Å²) in [5.41, 5.74) is 3.48. The quantitative estimate of drug-likeness (QED) is 0.774. The summed E-state index contributed by atoms with van der Waals surface area (Å²) >= 11 is 0. The molecule has 0 aliphatic rings. The maximum Gasteiger partial charge on any atom is 0.335 e. The van der Waals surface area contributed by atoms with Gasteiger partial charge in [0.05, 0.1) is 11.6 Å². The molecular formula is C18H18N2O2. The zero-order valence-corrected chi connectivity index (χ0v) is 12.6. The SMILES string of the molecule is CN(C)C(c1ccccc1)c1c[nH]c2cc(C(=O)O)ccc12. The Morgan fingerprint density at radius 2 is 1.86 bits per heavy atom. The van der Waals surface area contributed by atoms with Crippen LogP contribution in [0.25, 0.3) is 10.9 Å². The van der Waals surface area contributed by atoms with E-state index in [1.54, 1.807) is 12.1 Å². The lowest BCUT2D eigenvalue weighted by molar-refractivity contribution is 0.0697. The minimum absolute atomic E-state index is 0.116. The first kappa shape index (κ1) is 14.4.